The van der Waals surface area contributed by atoms with E-state index in [0.29, 0.717) is 25.5 Å². The maximum atomic E-state index is 12.3. The lowest BCUT2D eigenvalue weighted by Crippen LogP contribution is -2.42. The van der Waals surface area contributed by atoms with Gasteiger partial charge in [-0.15, -0.1) is 0 Å². The van der Waals surface area contributed by atoms with Crippen LogP contribution in [0, 0.1) is 11.8 Å². The van der Waals surface area contributed by atoms with Crippen LogP contribution in [0.25, 0.3) is 0 Å². The molecule has 1 aliphatic rings. The molecule has 0 aromatic heterocycles. The fraction of sp³-hybridized carbons (Fsp3) is 0.467. The van der Waals surface area contributed by atoms with Gasteiger partial charge in [-0.25, -0.2) is 0 Å². The quantitative estimate of drug-likeness (QED) is 0.312. The van der Waals surface area contributed by atoms with Gasteiger partial charge in [0.15, 0.2) is 5.84 Å². The van der Waals surface area contributed by atoms with Crippen molar-refractivity contribution >= 4 is 11.7 Å². The molecule has 1 aromatic rings. The molecule has 6 nitrogen and oxygen atoms in total. The zero-order valence-corrected chi connectivity index (χ0v) is 11.9. The number of carbonyl (C=O) groups excluding carboxylic acids is 1. The number of nitrogens with zero attached hydrogens (tertiary/aromatic N) is 1. The summed E-state index contributed by atoms with van der Waals surface area (Å²) in [5.74, 6) is -0.613. The Balaban J connectivity index is 1.96. The summed E-state index contributed by atoms with van der Waals surface area (Å²) in [6.45, 7) is 1.98. The Morgan fingerprint density at radius 2 is 2.24 bits per heavy atom. The zero-order valence-electron chi connectivity index (χ0n) is 11.9. The number of rotatable bonds is 6. The molecule has 2 rings (SSSR count). The lowest BCUT2D eigenvalue weighted by Gasteiger charge is -2.17. The monoisotopic (exact) mass is 291 g/mol. The van der Waals surface area contributed by atoms with Gasteiger partial charge in [0.1, 0.15) is 5.92 Å². The minimum atomic E-state index is -0.667. The minimum Gasteiger partial charge on any atom is -0.409 e. The second kappa shape index (κ2) is 7.64. The van der Waals surface area contributed by atoms with E-state index in [2.05, 4.69) is 10.5 Å². The van der Waals surface area contributed by atoms with Crippen LogP contribution in [-0.4, -0.2) is 36.7 Å². The molecule has 1 heterocycles. The van der Waals surface area contributed by atoms with Crippen molar-refractivity contribution in [3.05, 3.63) is 35.9 Å². The van der Waals surface area contributed by atoms with Gasteiger partial charge in [0.05, 0.1) is 6.61 Å². The number of oxime groups is 1. The topological polar surface area (TPSA) is 96.9 Å². The Hall–Kier alpha value is -2.08. The molecule has 1 fully saturated rings. The number of amidine groups is 1. The molecule has 6 heteroatoms. The van der Waals surface area contributed by atoms with Crippen molar-refractivity contribution in [3.8, 4) is 0 Å². The molecule has 2 unspecified atom stereocenters. The summed E-state index contributed by atoms with van der Waals surface area (Å²) in [6, 6.07) is 9.52. The predicted molar refractivity (Wildman–Crippen MR) is 79.0 cm³/mol. The Kier molecular flexibility index (Phi) is 5.57. The molecule has 0 saturated carbocycles. The van der Waals surface area contributed by atoms with Crippen LogP contribution in [0.3, 0.4) is 0 Å². The Morgan fingerprint density at radius 1 is 1.48 bits per heavy atom. The highest BCUT2D eigenvalue weighted by Crippen LogP contribution is 2.13. The van der Waals surface area contributed by atoms with Gasteiger partial charge < -0.3 is 21.0 Å². The van der Waals surface area contributed by atoms with Crippen molar-refractivity contribution < 1.29 is 14.7 Å². The first kappa shape index (κ1) is 15.3. The third-order valence-corrected chi connectivity index (χ3v) is 3.66. The molecular formula is C15H21N3O3. The van der Waals surface area contributed by atoms with Crippen LogP contribution in [0.15, 0.2) is 35.5 Å². The highest BCUT2D eigenvalue weighted by molar-refractivity contribution is 6.02. The van der Waals surface area contributed by atoms with Crippen molar-refractivity contribution in [1.82, 2.24) is 5.32 Å². The first-order valence-electron chi connectivity index (χ1n) is 7.07. The molecule has 4 N–H and O–H groups in total. The SMILES string of the molecule is NC(=NO)C(Cc1ccccc1)C(=O)NCC1CCOC1. The van der Waals surface area contributed by atoms with E-state index < -0.39 is 5.92 Å². The summed E-state index contributed by atoms with van der Waals surface area (Å²) in [4.78, 5) is 12.3. The molecular weight excluding hydrogens is 270 g/mol. The van der Waals surface area contributed by atoms with Gasteiger partial charge >= 0.3 is 0 Å². The summed E-state index contributed by atoms with van der Waals surface area (Å²) in [5.41, 5.74) is 6.63. The van der Waals surface area contributed by atoms with Crippen LogP contribution in [0.4, 0.5) is 0 Å². The van der Waals surface area contributed by atoms with E-state index in [1.165, 1.54) is 0 Å². The average molecular weight is 291 g/mol. The van der Waals surface area contributed by atoms with Crippen molar-refractivity contribution in [1.29, 1.82) is 0 Å². The van der Waals surface area contributed by atoms with Crippen LogP contribution in [0.1, 0.15) is 12.0 Å². The number of benzene rings is 1. The largest absolute Gasteiger partial charge is 0.409 e. The Bertz CT molecular complexity index is 484. The number of amides is 1. The number of nitrogens with two attached hydrogens (primary N) is 1. The third kappa shape index (κ3) is 4.46. The van der Waals surface area contributed by atoms with Crippen LogP contribution < -0.4 is 11.1 Å². The number of ether oxygens (including phenoxy) is 1. The van der Waals surface area contributed by atoms with Crippen LogP contribution >= 0.6 is 0 Å². The van der Waals surface area contributed by atoms with Gasteiger partial charge in [-0.1, -0.05) is 35.5 Å². The predicted octanol–water partition coefficient (Wildman–Crippen LogP) is 0.744. The van der Waals surface area contributed by atoms with Crippen molar-refractivity contribution in [2.75, 3.05) is 19.8 Å². The van der Waals surface area contributed by atoms with Gasteiger partial charge in [-0.3, -0.25) is 4.79 Å². The van der Waals surface area contributed by atoms with E-state index in [1.54, 1.807) is 0 Å². The van der Waals surface area contributed by atoms with Crippen LogP contribution in [-0.2, 0) is 16.0 Å². The van der Waals surface area contributed by atoms with Gasteiger partial charge in [0.2, 0.25) is 5.91 Å². The molecule has 0 bridgehead atoms. The summed E-state index contributed by atoms with van der Waals surface area (Å²) >= 11 is 0. The number of carbonyl (C=O) groups is 1. The van der Waals surface area contributed by atoms with Gasteiger partial charge in [-0.05, 0) is 18.4 Å². The summed E-state index contributed by atoms with van der Waals surface area (Å²) in [6.07, 6.45) is 1.36. The summed E-state index contributed by atoms with van der Waals surface area (Å²) in [5, 5.41) is 14.7. The van der Waals surface area contributed by atoms with Crippen molar-refractivity contribution in [2.45, 2.75) is 12.8 Å². The minimum absolute atomic E-state index is 0.0703. The highest BCUT2D eigenvalue weighted by atomic mass is 16.5. The summed E-state index contributed by atoms with van der Waals surface area (Å²) < 4.78 is 5.27. The molecule has 1 aliphatic heterocycles. The van der Waals surface area contributed by atoms with E-state index in [0.717, 1.165) is 18.6 Å². The lowest BCUT2D eigenvalue weighted by atomic mass is 9.97. The smallest absolute Gasteiger partial charge is 0.231 e. The molecule has 0 radical (unpaired) electrons. The maximum absolute atomic E-state index is 12.3. The standard InChI is InChI=1S/C15H21N3O3/c16-14(18-20)13(8-11-4-2-1-3-5-11)15(19)17-9-12-6-7-21-10-12/h1-5,12-13,20H,6-10H2,(H2,16,18)(H,17,19). The number of hydrogen-bond acceptors (Lipinski definition) is 4. The molecule has 1 saturated heterocycles. The van der Waals surface area contributed by atoms with E-state index in [1.807, 2.05) is 30.3 Å². The second-order valence-corrected chi connectivity index (χ2v) is 5.24. The Morgan fingerprint density at radius 3 is 2.86 bits per heavy atom. The van der Waals surface area contributed by atoms with E-state index in [4.69, 9.17) is 15.7 Å². The average Bonchev–Trinajstić information content (AvgIpc) is 3.04. The van der Waals surface area contributed by atoms with Gasteiger partial charge in [0.25, 0.3) is 0 Å². The lowest BCUT2D eigenvalue weighted by molar-refractivity contribution is -0.123. The molecule has 1 aromatic carbocycles. The molecule has 0 spiro atoms. The first-order chi connectivity index (χ1) is 10.2. The van der Waals surface area contributed by atoms with Crippen molar-refractivity contribution in [3.63, 3.8) is 0 Å². The molecule has 21 heavy (non-hydrogen) atoms. The fourth-order valence-electron chi connectivity index (χ4n) is 2.36. The van der Waals surface area contributed by atoms with E-state index in [-0.39, 0.29) is 11.7 Å². The Labute approximate surface area is 124 Å². The van der Waals surface area contributed by atoms with Crippen LogP contribution in [0.2, 0.25) is 0 Å². The molecule has 1 amide bonds. The summed E-state index contributed by atoms with van der Waals surface area (Å²) in [7, 11) is 0. The van der Waals surface area contributed by atoms with E-state index in [9.17, 15) is 4.79 Å². The highest BCUT2D eigenvalue weighted by Gasteiger charge is 2.25. The number of nitrogens with one attached hydrogen (secondary N) is 1. The molecule has 114 valence electrons. The third-order valence-electron chi connectivity index (χ3n) is 3.66. The van der Waals surface area contributed by atoms with Crippen molar-refractivity contribution in [2.24, 2.45) is 22.7 Å². The first-order valence-corrected chi connectivity index (χ1v) is 7.07. The van der Waals surface area contributed by atoms with Gasteiger partial charge in [-0.2, -0.15) is 0 Å². The molecule has 2 atom stereocenters. The maximum Gasteiger partial charge on any atom is 0.231 e. The van der Waals surface area contributed by atoms with Crippen LogP contribution in [0.5, 0.6) is 0 Å². The number of hydrogen-bond donors (Lipinski definition) is 3. The van der Waals surface area contributed by atoms with Gasteiger partial charge in [0, 0.05) is 19.1 Å². The van der Waals surface area contributed by atoms with E-state index >= 15 is 0 Å². The zero-order chi connectivity index (χ0) is 15.1. The molecule has 0 aliphatic carbocycles. The fourth-order valence-corrected chi connectivity index (χ4v) is 2.36. The normalized spacial score (nSPS) is 20.2. The second-order valence-electron chi connectivity index (χ2n) is 5.24.